The second-order valence-corrected chi connectivity index (χ2v) is 4.56. The Labute approximate surface area is 88.9 Å². The largest absolute Gasteiger partial charge is 0.868 e. The van der Waals surface area contributed by atoms with E-state index in [9.17, 15) is 9.90 Å². The molecule has 0 N–H and O–H groups in total. The smallest absolute Gasteiger partial charge is 0.246 e. The quantitative estimate of drug-likeness (QED) is 0.628. The monoisotopic (exact) mass is 203 g/mol. The molecule has 0 heterocycles. The lowest BCUT2D eigenvalue weighted by molar-refractivity contribution is -0.826. The summed E-state index contributed by atoms with van der Waals surface area (Å²) in [6, 6.07) is 6.97. The lowest BCUT2D eigenvalue weighted by atomic mass is 10.1. The molecule has 0 aliphatic heterocycles. The number of hydrogen-bond donors (Lipinski definition) is 0. The van der Waals surface area contributed by atoms with Gasteiger partial charge in [0.2, 0.25) is 5.78 Å². The molecule has 0 atom stereocenters. The zero-order chi connectivity index (χ0) is 11.2. The predicted octanol–water partition coefficient (Wildman–Crippen LogP) is 0.618. The molecule has 2 rings (SSSR count). The van der Waals surface area contributed by atoms with Gasteiger partial charge in [-0.2, -0.15) is 0 Å². The molecular weight excluding hydrogens is 190 g/mol. The molecule has 15 heavy (non-hydrogen) atoms. The van der Waals surface area contributed by atoms with Crippen molar-refractivity contribution in [1.82, 2.24) is 0 Å². The Hall–Kier alpha value is -1.61. The molecular formula is C12H13NO2. The number of quaternary nitrogens is 1. The van der Waals surface area contributed by atoms with Crippen molar-refractivity contribution < 1.29 is 14.4 Å². The van der Waals surface area contributed by atoms with Crippen LogP contribution in [0.15, 0.2) is 30.0 Å². The summed E-state index contributed by atoms with van der Waals surface area (Å²) in [5, 5.41) is 12.0. The number of rotatable bonds is 1. The molecule has 0 amide bonds. The second-order valence-electron chi connectivity index (χ2n) is 4.56. The van der Waals surface area contributed by atoms with Crippen LogP contribution < -0.4 is 5.11 Å². The average Bonchev–Trinajstić information content (AvgIpc) is 2.39. The summed E-state index contributed by atoms with van der Waals surface area (Å²) in [6.45, 7) is 0. The van der Waals surface area contributed by atoms with Gasteiger partial charge < -0.3 is 5.11 Å². The first kappa shape index (κ1) is 9.93. The summed E-state index contributed by atoms with van der Waals surface area (Å²) >= 11 is 0. The molecule has 78 valence electrons. The van der Waals surface area contributed by atoms with Crippen molar-refractivity contribution in [2.75, 3.05) is 21.1 Å². The first-order valence-electron chi connectivity index (χ1n) is 4.80. The molecule has 0 radical (unpaired) electrons. The highest BCUT2D eigenvalue weighted by Crippen LogP contribution is 2.32. The lowest BCUT2D eigenvalue weighted by Gasteiger charge is -2.26. The van der Waals surface area contributed by atoms with Crippen molar-refractivity contribution in [3.05, 3.63) is 41.1 Å². The molecule has 1 aromatic rings. The van der Waals surface area contributed by atoms with Crippen LogP contribution in [-0.2, 0) is 0 Å². The maximum atomic E-state index is 12.0. The van der Waals surface area contributed by atoms with E-state index in [2.05, 4.69) is 0 Å². The van der Waals surface area contributed by atoms with Gasteiger partial charge in [0.25, 0.3) is 0 Å². The Morgan fingerprint density at radius 1 is 1.07 bits per heavy atom. The molecule has 0 saturated carbocycles. The Balaban J connectivity index is 2.66. The highest BCUT2D eigenvalue weighted by molar-refractivity contribution is 6.17. The molecule has 1 aliphatic carbocycles. The van der Waals surface area contributed by atoms with Crippen molar-refractivity contribution in [1.29, 1.82) is 0 Å². The number of likely N-dealkylation sites (N-methyl/N-ethyl adjacent to an activating group) is 1. The first-order valence-corrected chi connectivity index (χ1v) is 4.80. The Morgan fingerprint density at radius 2 is 1.60 bits per heavy atom. The Kier molecular flexibility index (Phi) is 1.94. The summed E-state index contributed by atoms with van der Waals surface area (Å²) in [7, 11) is 5.49. The van der Waals surface area contributed by atoms with Gasteiger partial charge in [-0.15, -0.1) is 0 Å². The maximum Gasteiger partial charge on any atom is 0.246 e. The van der Waals surface area contributed by atoms with E-state index in [0.717, 1.165) is 0 Å². The predicted molar refractivity (Wildman–Crippen MR) is 55.7 cm³/mol. The van der Waals surface area contributed by atoms with Gasteiger partial charge in [-0.25, -0.2) is 0 Å². The summed E-state index contributed by atoms with van der Waals surface area (Å²) in [4.78, 5) is 12.0. The molecule has 1 aromatic carbocycles. The number of benzene rings is 1. The van der Waals surface area contributed by atoms with Gasteiger partial charge in [-0.05, 0) is 11.3 Å². The number of allylic oxidation sites excluding steroid dienone is 1. The second kappa shape index (κ2) is 2.94. The van der Waals surface area contributed by atoms with E-state index < -0.39 is 0 Å². The van der Waals surface area contributed by atoms with Crippen LogP contribution in [0.5, 0.6) is 0 Å². The summed E-state index contributed by atoms with van der Waals surface area (Å²) in [6.07, 6.45) is 0. The minimum Gasteiger partial charge on any atom is -0.868 e. The minimum absolute atomic E-state index is 0.136. The van der Waals surface area contributed by atoms with Gasteiger partial charge in [0.15, 0.2) is 5.70 Å². The van der Waals surface area contributed by atoms with Crippen LogP contribution in [0, 0.1) is 0 Å². The maximum absolute atomic E-state index is 12.0. The van der Waals surface area contributed by atoms with Gasteiger partial charge in [-0.1, -0.05) is 24.3 Å². The Morgan fingerprint density at radius 3 is 2.07 bits per heavy atom. The summed E-state index contributed by atoms with van der Waals surface area (Å²) in [5.41, 5.74) is 1.41. The van der Waals surface area contributed by atoms with Gasteiger partial charge in [0.05, 0.1) is 21.1 Å². The molecule has 0 saturated heterocycles. The average molecular weight is 203 g/mol. The van der Waals surface area contributed by atoms with E-state index in [-0.39, 0.29) is 16.0 Å². The normalized spacial score (nSPS) is 15.8. The zero-order valence-electron chi connectivity index (χ0n) is 9.07. The van der Waals surface area contributed by atoms with E-state index in [0.29, 0.717) is 16.8 Å². The highest BCUT2D eigenvalue weighted by atomic mass is 16.3. The number of fused-ring (bicyclic) bond motifs is 1. The number of carbonyl (C=O) groups excluding carboxylic acids is 1. The van der Waals surface area contributed by atoms with Crippen LogP contribution in [0.2, 0.25) is 0 Å². The molecule has 0 spiro atoms. The minimum atomic E-state index is -0.136. The lowest BCUT2D eigenvalue weighted by Crippen LogP contribution is -2.37. The fourth-order valence-electron chi connectivity index (χ4n) is 1.85. The fraction of sp³-hybridized carbons (Fsp3) is 0.250. The molecule has 0 unspecified atom stereocenters. The zero-order valence-corrected chi connectivity index (χ0v) is 9.07. The van der Waals surface area contributed by atoms with Gasteiger partial charge in [-0.3, -0.25) is 9.28 Å². The van der Waals surface area contributed by atoms with E-state index in [1.165, 1.54) is 0 Å². The third kappa shape index (κ3) is 1.36. The van der Waals surface area contributed by atoms with Crippen LogP contribution in [-0.4, -0.2) is 31.4 Å². The van der Waals surface area contributed by atoms with Crippen LogP contribution in [0.25, 0.3) is 5.76 Å². The fourth-order valence-corrected chi connectivity index (χ4v) is 1.85. The molecule has 1 aliphatic rings. The molecule has 0 bridgehead atoms. The van der Waals surface area contributed by atoms with Crippen molar-refractivity contribution in [3.8, 4) is 0 Å². The molecule has 0 fully saturated rings. The number of ketones is 1. The van der Waals surface area contributed by atoms with Crippen LogP contribution in [0.4, 0.5) is 0 Å². The molecule has 0 aromatic heterocycles. The summed E-state index contributed by atoms with van der Waals surface area (Å²) in [5.74, 6) is -0.272. The number of carbonyl (C=O) groups is 1. The van der Waals surface area contributed by atoms with Crippen molar-refractivity contribution in [3.63, 3.8) is 0 Å². The van der Waals surface area contributed by atoms with Gasteiger partial charge in [0, 0.05) is 5.56 Å². The standard InChI is InChI=1S/C12H13NO2/c1-13(2,3)10-11(14)8-6-4-5-7-9(8)12(10)15/h4-7H,1-3H3. The number of hydrogen-bond acceptors (Lipinski definition) is 2. The highest BCUT2D eigenvalue weighted by Gasteiger charge is 2.33. The Bertz CT molecular complexity index is 467. The van der Waals surface area contributed by atoms with Crippen molar-refractivity contribution in [2.45, 2.75) is 0 Å². The molecule has 3 heteroatoms. The van der Waals surface area contributed by atoms with Crippen LogP contribution in [0.3, 0.4) is 0 Å². The van der Waals surface area contributed by atoms with Crippen LogP contribution >= 0.6 is 0 Å². The number of nitrogens with zero attached hydrogens (tertiary/aromatic N) is 1. The van der Waals surface area contributed by atoms with Crippen LogP contribution in [0.1, 0.15) is 15.9 Å². The summed E-state index contributed by atoms with van der Waals surface area (Å²) < 4.78 is 0.270. The van der Waals surface area contributed by atoms with Gasteiger partial charge in [0.1, 0.15) is 0 Å². The van der Waals surface area contributed by atoms with Crippen molar-refractivity contribution in [2.24, 2.45) is 0 Å². The molecule has 3 nitrogen and oxygen atoms in total. The van der Waals surface area contributed by atoms with Crippen molar-refractivity contribution >= 4 is 11.5 Å². The van der Waals surface area contributed by atoms with E-state index in [4.69, 9.17) is 0 Å². The van der Waals surface area contributed by atoms with E-state index >= 15 is 0 Å². The topological polar surface area (TPSA) is 40.1 Å². The SMILES string of the molecule is C[N+](C)(C)C1=C([O-])c2ccccc2C1=O. The van der Waals surface area contributed by atoms with E-state index in [1.807, 2.05) is 21.1 Å². The first-order chi connectivity index (χ1) is 6.93. The van der Waals surface area contributed by atoms with E-state index in [1.54, 1.807) is 24.3 Å². The third-order valence-electron chi connectivity index (χ3n) is 2.52. The van der Waals surface area contributed by atoms with Gasteiger partial charge >= 0.3 is 0 Å². The number of Topliss-reactive ketones (excluding diaryl/α,β-unsaturated/α-hetero) is 1. The third-order valence-corrected chi connectivity index (χ3v) is 2.52.